The van der Waals surface area contributed by atoms with E-state index < -0.39 is 0 Å². The van der Waals surface area contributed by atoms with Gasteiger partial charge in [0.05, 0.1) is 25.5 Å². The van der Waals surface area contributed by atoms with Crippen LogP contribution in [0.5, 0.6) is 11.5 Å². The van der Waals surface area contributed by atoms with Crippen LogP contribution in [0.3, 0.4) is 0 Å². The molecule has 0 atom stereocenters. The van der Waals surface area contributed by atoms with Crippen LogP contribution in [0.2, 0.25) is 5.02 Å². The van der Waals surface area contributed by atoms with E-state index in [0.717, 1.165) is 0 Å². The molecule has 0 aromatic heterocycles. The summed E-state index contributed by atoms with van der Waals surface area (Å²) in [7, 11) is 3.02. The zero-order valence-electron chi connectivity index (χ0n) is 15.9. The van der Waals surface area contributed by atoms with Crippen molar-refractivity contribution in [2.45, 2.75) is 0 Å². The molecule has 0 unspecified atom stereocenters. The van der Waals surface area contributed by atoms with Crippen LogP contribution in [-0.2, 0) is 0 Å². The Hall–Kier alpha value is -3.51. The number of para-hydroxylation sites is 2. The number of anilines is 2. The molecule has 29 heavy (non-hydrogen) atoms. The van der Waals surface area contributed by atoms with Gasteiger partial charge in [-0.05, 0) is 54.6 Å². The molecule has 3 aromatic carbocycles. The Morgan fingerprint density at radius 2 is 1.48 bits per heavy atom. The molecule has 3 rings (SSSR count). The second-order valence-corrected chi connectivity index (χ2v) is 6.47. The maximum Gasteiger partial charge on any atom is 0.259 e. The van der Waals surface area contributed by atoms with Gasteiger partial charge >= 0.3 is 0 Å². The summed E-state index contributed by atoms with van der Waals surface area (Å²) in [5.41, 5.74) is 1.86. The largest absolute Gasteiger partial charge is 0.496 e. The minimum atomic E-state index is -0.365. The number of halogens is 1. The Bertz CT molecular complexity index is 1040. The van der Waals surface area contributed by atoms with Crippen LogP contribution in [0.25, 0.3) is 0 Å². The third-order valence-electron chi connectivity index (χ3n) is 4.17. The third kappa shape index (κ3) is 4.86. The summed E-state index contributed by atoms with van der Waals surface area (Å²) in [6, 6.07) is 18.5. The predicted molar refractivity (Wildman–Crippen MR) is 113 cm³/mol. The second kappa shape index (κ2) is 9.12. The molecular formula is C22H19ClN2O4. The number of carbonyl (C=O) groups is 2. The van der Waals surface area contributed by atoms with Gasteiger partial charge < -0.3 is 20.1 Å². The lowest BCUT2D eigenvalue weighted by atomic mass is 10.1. The van der Waals surface area contributed by atoms with E-state index in [1.807, 2.05) is 6.07 Å². The van der Waals surface area contributed by atoms with Crippen molar-refractivity contribution >= 4 is 34.8 Å². The molecule has 0 aliphatic rings. The number of methoxy groups -OCH3 is 2. The van der Waals surface area contributed by atoms with Gasteiger partial charge in [-0.3, -0.25) is 9.59 Å². The van der Waals surface area contributed by atoms with E-state index in [-0.39, 0.29) is 11.8 Å². The number of benzene rings is 3. The fraction of sp³-hybridized carbons (Fsp3) is 0.0909. The first-order chi connectivity index (χ1) is 14.0. The van der Waals surface area contributed by atoms with Gasteiger partial charge in [0.2, 0.25) is 0 Å². The van der Waals surface area contributed by atoms with Crippen molar-refractivity contribution in [2.75, 3.05) is 24.9 Å². The number of ether oxygens (including phenoxy) is 2. The topological polar surface area (TPSA) is 76.7 Å². The lowest BCUT2D eigenvalue weighted by Crippen LogP contribution is -2.14. The van der Waals surface area contributed by atoms with Gasteiger partial charge in [-0.25, -0.2) is 0 Å². The fourth-order valence-electron chi connectivity index (χ4n) is 2.70. The molecule has 2 amide bonds. The summed E-state index contributed by atoms with van der Waals surface area (Å²) >= 11 is 5.98. The first-order valence-corrected chi connectivity index (χ1v) is 9.09. The minimum Gasteiger partial charge on any atom is -0.496 e. The average molecular weight is 411 g/mol. The maximum absolute atomic E-state index is 12.5. The molecule has 0 bridgehead atoms. The summed E-state index contributed by atoms with van der Waals surface area (Å²) in [4.78, 5) is 25.0. The molecule has 6 nitrogen and oxygen atoms in total. The van der Waals surface area contributed by atoms with E-state index in [9.17, 15) is 9.59 Å². The molecule has 0 saturated heterocycles. The molecule has 0 radical (unpaired) electrons. The van der Waals surface area contributed by atoms with Gasteiger partial charge in [0.1, 0.15) is 11.5 Å². The summed E-state index contributed by atoms with van der Waals surface area (Å²) in [6.07, 6.45) is 0. The van der Waals surface area contributed by atoms with Gasteiger partial charge in [-0.15, -0.1) is 0 Å². The van der Waals surface area contributed by atoms with Crippen LogP contribution < -0.4 is 20.1 Å². The molecule has 7 heteroatoms. The van der Waals surface area contributed by atoms with Crippen LogP contribution in [0, 0.1) is 0 Å². The number of hydrogen-bond acceptors (Lipinski definition) is 4. The van der Waals surface area contributed by atoms with Crippen LogP contribution in [0.1, 0.15) is 20.7 Å². The highest BCUT2D eigenvalue weighted by molar-refractivity contribution is 6.31. The van der Waals surface area contributed by atoms with Crippen molar-refractivity contribution < 1.29 is 19.1 Å². The molecule has 0 spiro atoms. The number of amides is 2. The lowest BCUT2D eigenvalue weighted by molar-refractivity contribution is 0.101. The highest BCUT2D eigenvalue weighted by Crippen LogP contribution is 2.25. The summed E-state index contributed by atoms with van der Waals surface area (Å²) < 4.78 is 10.4. The standard InChI is InChI=1S/C22H19ClN2O4/c1-28-19-12-9-15(23)13-17(19)22(27)24-16-10-7-14(8-11-16)21(26)25-18-5-3-4-6-20(18)29-2/h3-13H,1-2H3,(H,24,27)(H,25,26). The number of rotatable bonds is 6. The smallest absolute Gasteiger partial charge is 0.259 e. The Kier molecular flexibility index (Phi) is 6.36. The number of nitrogens with one attached hydrogen (secondary N) is 2. The van der Waals surface area contributed by atoms with Gasteiger partial charge in [-0.2, -0.15) is 0 Å². The van der Waals surface area contributed by atoms with Crippen molar-refractivity contribution in [2.24, 2.45) is 0 Å². The Balaban J connectivity index is 1.71. The predicted octanol–water partition coefficient (Wildman–Crippen LogP) is 4.86. The summed E-state index contributed by atoms with van der Waals surface area (Å²) in [5.74, 6) is 0.333. The van der Waals surface area contributed by atoms with Crippen molar-refractivity contribution in [1.29, 1.82) is 0 Å². The average Bonchev–Trinajstić information content (AvgIpc) is 2.74. The minimum absolute atomic E-state index is 0.288. The van der Waals surface area contributed by atoms with E-state index in [4.69, 9.17) is 21.1 Å². The highest BCUT2D eigenvalue weighted by atomic mass is 35.5. The van der Waals surface area contributed by atoms with Gasteiger partial charge in [0.25, 0.3) is 11.8 Å². The van der Waals surface area contributed by atoms with Crippen molar-refractivity contribution in [1.82, 2.24) is 0 Å². The molecule has 0 saturated carbocycles. The molecular weight excluding hydrogens is 392 g/mol. The third-order valence-corrected chi connectivity index (χ3v) is 4.40. The Labute approximate surface area is 173 Å². The molecule has 0 fully saturated rings. The number of hydrogen-bond donors (Lipinski definition) is 2. The van der Waals surface area contributed by atoms with Crippen molar-refractivity contribution in [3.63, 3.8) is 0 Å². The highest BCUT2D eigenvalue weighted by Gasteiger charge is 2.14. The normalized spacial score (nSPS) is 10.2. The Morgan fingerprint density at radius 1 is 0.793 bits per heavy atom. The van der Waals surface area contributed by atoms with E-state index in [1.165, 1.54) is 20.3 Å². The molecule has 0 heterocycles. The lowest BCUT2D eigenvalue weighted by Gasteiger charge is -2.11. The zero-order chi connectivity index (χ0) is 20.8. The van der Waals surface area contributed by atoms with Crippen molar-refractivity contribution in [3.8, 4) is 11.5 Å². The summed E-state index contributed by atoms with van der Waals surface area (Å²) in [5, 5.41) is 6.00. The van der Waals surface area contributed by atoms with Crippen molar-refractivity contribution in [3.05, 3.63) is 82.9 Å². The van der Waals surface area contributed by atoms with Gasteiger partial charge in [0, 0.05) is 16.3 Å². The van der Waals surface area contributed by atoms with Crippen LogP contribution in [-0.4, -0.2) is 26.0 Å². The quantitative estimate of drug-likeness (QED) is 0.608. The van der Waals surface area contributed by atoms with Gasteiger partial charge in [-0.1, -0.05) is 23.7 Å². The van der Waals surface area contributed by atoms with Crippen LogP contribution in [0.15, 0.2) is 66.7 Å². The van der Waals surface area contributed by atoms with Gasteiger partial charge in [0.15, 0.2) is 0 Å². The molecule has 148 valence electrons. The maximum atomic E-state index is 12.5. The zero-order valence-corrected chi connectivity index (χ0v) is 16.6. The van der Waals surface area contributed by atoms with Crippen LogP contribution in [0.4, 0.5) is 11.4 Å². The van der Waals surface area contributed by atoms with E-state index in [1.54, 1.807) is 54.6 Å². The second-order valence-electron chi connectivity index (χ2n) is 6.03. The molecule has 3 aromatic rings. The van der Waals surface area contributed by atoms with E-state index in [2.05, 4.69) is 10.6 Å². The molecule has 2 N–H and O–H groups in total. The van der Waals surface area contributed by atoms with E-state index >= 15 is 0 Å². The Morgan fingerprint density at radius 3 is 2.17 bits per heavy atom. The van der Waals surface area contributed by atoms with E-state index in [0.29, 0.717) is 39.0 Å². The molecule has 0 aliphatic heterocycles. The number of carbonyl (C=O) groups excluding carboxylic acids is 2. The molecule has 0 aliphatic carbocycles. The fourth-order valence-corrected chi connectivity index (χ4v) is 2.88. The van der Waals surface area contributed by atoms with Crippen LogP contribution >= 0.6 is 11.6 Å². The first-order valence-electron chi connectivity index (χ1n) is 8.71. The SMILES string of the molecule is COc1ccccc1NC(=O)c1ccc(NC(=O)c2cc(Cl)ccc2OC)cc1. The summed E-state index contributed by atoms with van der Waals surface area (Å²) in [6.45, 7) is 0. The monoisotopic (exact) mass is 410 g/mol. The first kappa shape index (κ1) is 20.2.